The molecule has 1 aromatic heterocycles. The second kappa shape index (κ2) is 19.6. The number of oxazole rings is 1. The van der Waals surface area contributed by atoms with Crippen molar-refractivity contribution in [2.24, 2.45) is 17.6 Å². The molecule has 0 radical (unpaired) electrons. The summed E-state index contributed by atoms with van der Waals surface area (Å²) in [6.07, 6.45) is 13.4. The molecule has 0 spiro atoms. The molecule has 11 atom stereocenters. The van der Waals surface area contributed by atoms with Crippen LogP contribution in [0.4, 0.5) is 0 Å². The first kappa shape index (κ1) is 45.1. The number of ether oxygens (including phenoxy) is 4. The summed E-state index contributed by atoms with van der Waals surface area (Å²) in [5.74, 6) is -0.199. The van der Waals surface area contributed by atoms with Crippen molar-refractivity contribution in [3.05, 3.63) is 121 Å². The van der Waals surface area contributed by atoms with Crippen molar-refractivity contribution in [3.63, 3.8) is 0 Å². The Hall–Kier alpha value is -3.94. The van der Waals surface area contributed by atoms with Gasteiger partial charge in [-0.3, -0.25) is 0 Å². The Morgan fingerprint density at radius 2 is 1.59 bits per heavy atom. The van der Waals surface area contributed by atoms with Crippen molar-refractivity contribution in [3.8, 4) is 0 Å². The molecular weight excluding hydrogens is 785 g/mol. The standard InChI is InChI=1S/C50H66N2O8Si/c1-32-24-37-16-14-23-47(54)59-49-34(3)44(58-48(35(49)4)33(2)26-36(51)30-53)21-15-22-46-52-43(31-55-46)45-29-40(28-39(57-45)27-38(25-32)56-37)60-61(50(5,6)7,41-17-10-8-11-18-41)42-19-12-9-13-20-42/h8-15,17-20,22-23,26,31,34-40,44-45,48-49,53H,1,16,21,24-25,27-30,51H2,2-7H3/b22-15+,23-14-,33-26+/t34-,35-,36+,37-,38+,39+,40+,44+,45+,48-,49-/m0/s1. The minimum Gasteiger partial charge on any atom is -0.458 e. The average Bonchev–Trinajstić information content (AvgIpc) is 3.71. The van der Waals surface area contributed by atoms with E-state index >= 15 is 0 Å². The van der Waals surface area contributed by atoms with Gasteiger partial charge in [-0.25, -0.2) is 9.78 Å². The van der Waals surface area contributed by atoms with E-state index in [9.17, 15) is 9.90 Å². The lowest BCUT2D eigenvalue weighted by molar-refractivity contribution is -0.180. The van der Waals surface area contributed by atoms with Gasteiger partial charge in [-0.2, -0.15) is 0 Å². The fraction of sp³-hybridized carbons (Fsp3) is 0.520. The van der Waals surface area contributed by atoms with E-state index in [2.05, 4.69) is 94.9 Å². The number of aromatic nitrogens is 1. The van der Waals surface area contributed by atoms with Crippen molar-refractivity contribution in [1.82, 2.24) is 4.98 Å². The third kappa shape index (κ3) is 10.5. The van der Waals surface area contributed by atoms with Gasteiger partial charge in [0.05, 0.1) is 43.2 Å². The molecule has 3 fully saturated rings. The van der Waals surface area contributed by atoms with Crippen LogP contribution in [0.5, 0.6) is 0 Å². The van der Waals surface area contributed by atoms with Crippen LogP contribution < -0.4 is 16.1 Å². The lowest BCUT2D eigenvalue weighted by atomic mass is 9.79. The minimum atomic E-state index is -2.89. The highest BCUT2D eigenvalue weighted by molar-refractivity contribution is 6.99. The highest BCUT2D eigenvalue weighted by Crippen LogP contribution is 2.43. The molecule has 3 saturated heterocycles. The Labute approximate surface area is 363 Å². The van der Waals surface area contributed by atoms with Gasteiger partial charge >= 0.3 is 5.97 Å². The Morgan fingerprint density at radius 1 is 0.918 bits per heavy atom. The van der Waals surface area contributed by atoms with Crippen LogP contribution in [0, 0.1) is 11.8 Å². The Morgan fingerprint density at radius 3 is 2.26 bits per heavy atom. The van der Waals surface area contributed by atoms with Gasteiger partial charge < -0.3 is 38.6 Å². The number of carbonyl (C=O) groups excluding carboxylic acids is 1. The van der Waals surface area contributed by atoms with Crippen LogP contribution >= 0.6 is 0 Å². The normalized spacial score (nSPS) is 32.2. The summed E-state index contributed by atoms with van der Waals surface area (Å²) < 4.78 is 40.5. The van der Waals surface area contributed by atoms with Gasteiger partial charge in [-0.1, -0.05) is 126 Å². The zero-order valence-electron chi connectivity index (χ0n) is 36.8. The lowest BCUT2D eigenvalue weighted by Gasteiger charge is -2.47. The Bertz CT molecular complexity index is 1990. The van der Waals surface area contributed by atoms with Gasteiger partial charge in [-0.05, 0) is 66.1 Å². The first-order valence-electron chi connectivity index (χ1n) is 22.2. The Kier molecular flexibility index (Phi) is 14.5. The third-order valence-corrected chi connectivity index (χ3v) is 18.1. The van der Waals surface area contributed by atoms with E-state index in [4.69, 9.17) is 38.5 Å². The number of nitrogens with two attached hydrogens (primary N) is 1. The van der Waals surface area contributed by atoms with Gasteiger partial charge in [0.2, 0.25) is 5.89 Å². The summed E-state index contributed by atoms with van der Waals surface area (Å²) in [4.78, 5) is 18.4. The zero-order valence-corrected chi connectivity index (χ0v) is 37.8. The number of hydrogen-bond donors (Lipinski definition) is 2. The van der Waals surface area contributed by atoms with E-state index in [0.717, 1.165) is 29.7 Å². The van der Waals surface area contributed by atoms with E-state index in [0.29, 0.717) is 38.0 Å². The lowest BCUT2D eigenvalue weighted by Crippen LogP contribution is -2.68. The fourth-order valence-corrected chi connectivity index (χ4v) is 14.8. The van der Waals surface area contributed by atoms with E-state index in [-0.39, 0.29) is 66.2 Å². The van der Waals surface area contributed by atoms with E-state index in [1.807, 2.05) is 38.2 Å². The molecular formula is C50H66N2O8Si. The van der Waals surface area contributed by atoms with Crippen molar-refractivity contribution in [1.29, 1.82) is 0 Å². The van der Waals surface area contributed by atoms with E-state index in [1.54, 1.807) is 6.26 Å². The number of rotatable bonds is 7. The number of esters is 1. The summed E-state index contributed by atoms with van der Waals surface area (Å²) in [6, 6.07) is 21.0. The highest BCUT2D eigenvalue weighted by Gasteiger charge is 2.52. The average molecular weight is 851 g/mol. The maximum atomic E-state index is 13.5. The number of carbonyl (C=O) groups is 1. The van der Waals surface area contributed by atoms with Crippen LogP contribution in [0.3, 0.4) is 0 Å². The van der Waals surface area contributed by atoms with Gasteiger partial charge in [0, 0.05) is 36.8 Å². The third-order valence-electron chi connectivity index (χ3n) is 13.0. The molecule has 0 saturated carbocycles. The number of fused-ring (bicyclic) bond motifs is 9. The predicted molar refractivity (Wildman–Crippen MR) is 241 cm³/mol. The summed E-state index contributed by atoms with van der Waals surface area (Å²) in [5, 5.41) is 11.9. The first-order chi connectivity index (χ1) is 29.2. The van der Waals surface area contributed by atoms with Gasteiger partial charge in [0.1, 0.15) is 24.2 Å². The number of benzene rings is 2. The first-order valence-corrected chi connectivity index (χ1v) is 24.1. The maximum absolute atomic E-state index is 13.5. The predicted octanol–water partition coefficient (Wildman–Crippen LogP) is 7.91. The molecule has 0 amide bonds. The van der Waals surface area contributed by atoms with Gasteiger partial charge in [0.25, 0.3) is 8.32 Å². The molecule has 8 bridgehead atoms. The molecule has 328 valence electrons. The zero-order chi connectivity index (χ0) is 43.3. The molecule has 5 heterocycles. The monoisotopic (exact) mass is 850 g/mol. The van der Waals surface area contributed by atoms with Crippen LogP contribution in [0.1, 0.15) is 104 Å². The summed E-state index contributed by atoms with van der Waals surface area (Å²) >= 11 is 0. The van der Waals surface area contributed by atoms with Crippen LogP contribution in [0.25, 0.3) is 6.08 Å². The largest absolute Gasteiger partial charge is 0.458 e. The SMILES string of the molecule is C=C1C[C@@H]2C[C@@H]3C[C@@H](O[Si](c4ccccc4)(c4ccccc4)C(C)(C)C)C[C@@H](O3)c3coc(n3)/C=C/C[C@H]3O[C@@H](/C(C)=C/[C@@H](N)CO)[C@H](C)[C@@H](OC(=O)/C=C\C[C@@H](C1)O2)[C@H]3C. The van der Waals surface area contributed by atoms with Gasteiger partial charge in [0.15, 0.2) is 0 Å². The molecule has 4 aliphatic rings. The van der Waals surface area contributed by atoms with Crippen molar-refractivity contribution in [2.75, 3.05) is 6.61 Å². The number of nitrogens with zero attached hydrogens (tertiary/aromatic N) is 1. The quantitative estimate of drug-likeness (QED) is 0.137. The van der Waals surface area contributed by atoms with Crippen LogP contribution in [-0.4, -0.2) is 79.8 Å². The molecule has 3 N–H and O–H groups in total. The highest BCUT2D eigenvalue weighted by atomic mass is 28.4. The fourth-order valence-electron chi connectivity index (χ4n) is 10.1. The molecule has 0 unspecified atom stereocenters. The summed E-state index contributed by atoms with van der Waals surface area (Å²) in [5.41, 5.74) is 8.85. The van der Waals surface area contributed by atoms with Crippen molar-refractivity contribution >= 4 is 30.7 Å². The van der Waals surface area contributed by atoms with Crippen LogP contribution in [0.15, 0.2) is 113 Å². The second-order valence-corrected chi connectivity index (χ2v) is 23.0. The molecule has 10 nitrogen and oxygen atoms in total. The van der Waals surface area contributed by atoms with Crippen molar-refractivity contribution in [2.45, 2.75) is 146 Å². The Balaban J connectivity index is 1.22. The van der Waals surface area contributed by atoms with Crippen LogP contribution in [0.2, 0.25) is 5.04 Å². The topological polar surface area (TPSA) is 136 Å². The van der Waals surface area contributed by atoms with E-state index < -0.39 is 26.4 Å². The molecule has 3 aromatic rings. The van der Waals surface area contributed by atoms with E-state index in [1.165, 1.54) is 16.4 Å². The molecule has 2 aromatic carbocycles. The molecule has 0 aliphatic carbocycles. The second-order valence-electron chi connectivity index (χ2n) is 18.8. The summed E-state index contributed by atoms with van der Waals surface area (Å²) in [6.45, 7) is 17.2. The minimum absolute atomic E-state index is 0.109. The molecule has 61 heavy (non-hydrogen) atoms. The van der Waals surface area contributed by atoms with Gasteiger partial charge in [-0.15, -0.1) is 0 Å². The maximum Gasteiger partial charge on any atom is 0.330 e. The smallest absolute Gasteiger partial charge is 0.330 e. The molecule has 7 rings (SSSR count). The summed E-state index contributed by atoms with van der Waals surface area (Å²) in [7, 11) is -2.89. The molecule has 11 heteroatoms. The molecule has 4 aliphatic heterocycles. The number of aliphatic hydroxyl groups excluding tert-OH is 1. The number of aliphatic hydroxyl groups is 1. The number of hydrogen-bond acceptors (Lipinski definition) is 10. The van der Waals surface area contributed by atoms with Crippen molar-refractivity contribution < 1.29 is 37.7 Å². The van der Waals surface area contributed by atoms with Crippen LogP contribution in [-0.2, 0) is 28.2 Å².